The van der Waals surface area contributed by atoms with Crippen molar-refractivity contribution in [1.82, 2.24) is 0 Å². The standard InChI is InChI=1S/C16H20O2/c1-4-7-13(8-5-2)11-15(18)16-12(3)9-6-10-14(16)17/h4,6-10,17H,5,11H2,1-3H3/b7-4-,13-8+. The van der Waals surface area contributed by atoms with Crippen molar-refractivity contribution in [2.45, 2.75) is 33.6 Å². The minimum atomic E-state index is -0.0385. The summed E-state index contributed by atoms with van der Waals surface area (Å²) in [4.78, 5) is 12.2. The Bertz CT molecular complexity index is 462. The van der Waals surface area contributed by atoms with Crippen LogP contribution in [0.15, 0.2) is 42.0 Å². The molecule has 96 valence electrons. The molecule has 1 N–H and O–H groups in total. The monoisotopic (exact) mass is 244 g/mol. The molecule has 0 aliphatic heterocycles. The molecule has 0 heterocycles. The molecule has 2 heteroatoms. The second-order valence-electron chi connectivity index (χ2n) is 4.26. The molecular formula is C16H20O2. The van der Waals surface area contributed by atoms with Gasteiger partial charge in [0.1, 0.15) is 5.75 Å². The van der Waals surface area contributed by atoms with E-state index >= 15 is 0 Å². The molecule has 0 atom stereocenters. The van der Waals surface area contributed by atoms with Crippen molar-refractivity contribution in [2.75, 3.05) is 0 Å². The number of hydrogen-bond donors (Lipinski definition) is 1. The van der Waals surface area contributed by atoms with Crippen molar-refractivity contribution < 1.29 is 9.90 Å². The number of phenolic OH excluding ortho intramolecular Hbond substituents is 1. The largest absolute Gasteiger partial charge is 0.507 e. The topological polar surface area (TPSA) is 37.3 Å². The van der Waals surface area contributed by atoms with Crippen LogP contribution >= 0.6 is 0 Å². The molecule has 0 unspecified atom stereocenters. The first kappa shape index (κ1) is 14.2. The van der Waals surface area contributed by atoms with Gasteiger partial charge in [0.05, 0.1) is 5.56 Å². The Labute approximate surface area is 109 Å². The van der Waals surface area contributed by atoms with Gasteiger partial charge in [0, 0.05) is 6.42 Å². The molecule has 0 aromatic heterocycles. The van der Waals surface area contributed by atoms with Crippen molar-refractivity contribution in [3.05, 3.63) is 53.1 Å². The quantitative estimate of drug-likeness (QED) is 0.623. The molecule has 0 amide bonds. The third-order valence-corrected chi connectivity index (χ3v) is 2.74. The maximum absolute atomic E-state index is 12.2. The van der Waals surface area contributed by atoms with Gasteiger partial charge in [-0.05, 0) is 37.5 Å². The number of phenols is 1. The van der Waals surface area contributed by atoms with Gasteiger partial charge >= 0.3 is 0 Å². The van der Waals surface area contributed by atoms with E-state index in [0.29, 0.717) is 12.0 Å². The number of ketones is 1. The highest BCUT2D eigenvalue weighted by molar-refractivity contribution is 6.01. The fourth-order valence-corrected chi connectivity index (χ4v) is 1.96. The fraction of sp³-hybridized carbons (Fsp3) is 0.312. The third-order valence-electron chi connectivity index (χ3n) is 2.74. The van der Waals surface area contributed by atoms with Crippen LogP contribution in [0.4, 0.5) is 0 Å². The van der Waals surface area contributed by atoms with Crippen molar-refractivity contribution in [1.29, 1.82) is 0 Å². The SMILES string of the molecule is C/C=C\C(=C/CC)CC(=O)c1c(C)cccc1O. The molecule has 0 aliphatic rings. The molecule has 0 aliphatic carbocycles. The highest BCUT2D eigenvalue weighted by Crippen LogP contribution is 2.23. The number of carbonyl (C=O) groups is 1. The van der Waals surface area contributed by atoms with Gasteiger partial charge in [0.2, 0.25) is 0 Å². The summed E-state index contributed by atoms with van der Waals surface area (Å²) >= 11 is 0. The van der Waals surface area contributed by atoms with E-state index in [2.05, 4.69) is 0 Å². The number of hydrogen-bond acceptors (Lipinski definition) is 2. The van der Waals surface area contributed by atoms with Crippen LogP contribution in [0.3, 0.4) is 0 Å². The summed E-state index contributed by atoms with van der Waals surface area (Å²) in [5.41, 5.74) is 2.24. The van der Waals surface area contributed by atoms with Crippen LogP contribution in [-0.4, -0.2) is 10.9 Å². The summed E-state index contributed by atoms with van der Waals surface area (Å²) in [5.74, 6) is 0.0275. The Morgan fingerprint density at radius 3 is 2.67 bits per heavy atom. The van der Waals surface area contributed by atoms with Crippen LogP contribution in [0.2, 0.25) is 0 Å². The number of aromatic hydroxyl groups is 1. The Balaban J connectivity index is 2.98. The molecule has 1 rings (SSSR count). The average molecular weight is 244 g/mol. The lowest BCUT2D eigenvalue weighted by Crippen LogP contribution is -2.03. The van der Waals surface area contributed by atoms with Gasteiger partial charge in [0.15, 0.2) is 5.78 Å². The first-order valence-corrected chi connectivity index (χ1v) is 6.23. The Morgan fingerprint density at radius 2 is 2.11 bits per heavy atom. The van der Waals surface area contributed by atoms with Crippen LogP contribution in [0.5, 0.6) is 5.75 Å². The molecular weight excluding hydrogens is 224 g/mol. The summed E-state index contributed by atoms with van der Waals surface area (Å²) in [5, 5.41) is 9.78. The van der Waals surface area contributed by atoms with Crippen LogP contribution in [0.1, 0.15) is 42.6 Å². The number of allylic oxidation sites excluding steroid dienone is 4. The molecule has 0 bridgehead atoms. The maximum Gasteiger partial charge on any atom is 0.171 e. The van der Waals surface area contributed by atoms with E-state index in [1.54, 1.807) is 12.1 Å². The smallest absolute Gasteiger partial charge is 0.171 e. The predicted octanol–water partition coefficient (Wildman–Crippen LogP) is 4.19. The van der Waals surface area contributed by atoms with Gasteiger partial charge in [0.25, 0.3) is 0 Å². The zero-order chi connectivity index (χ0) is 13.5. The number of Topliss-reactive ketones (excluding diaryl/α,β-unsaturated/α-hetero) is 1. The van der Waals surface area contributed by atoms with E-state index < -0.39 is 0 Å². The number of benzene rings is 1. The molecule has 0 spiro atoms. The van der Waals surface area contributed by atoms with Crippen molar-refractivity contribution in [2.24, 2.45) is 0 Å². The third kappa shape index (κ3) is 3.59. The molecule has 2 nitrogen and oxygen atoms in total. The van der Waals surface area contributed by atoms with Crippen molar-refractivity contribution in [3.63, 3.8) is 0 Å². The number of carbonyl (C=O) groups excluding carboxylic acids is 1. The molecule has 18 heavy (non-hydrogen) atoms. The minimum absolute atomic E-state index is 0.0385. The van der Waals surface area contributed by atoms with Gasteiger partial charge in [-0.1, -0.05) is 37.3 Å². The maximum atomic E-state index is 12.2. The Morgan fingerprint density at radius 1 is 1.39 bits per heavy atom. The van der Waals surface area contributed by atoms with Gasteiger partial charge in [-0.2, -0.15) is 0 Å². The van der Waals surface area contributed by atoms with E-state index in [4.69, 9.17) is 0 Å². The highest BCUT2D eigenvalue weighted by Gasteiger charge is 2.14. The zero-order valence-corrected chi connectivity index (χ0v) is 11.2. The molecule has 0 fully saturated rings. The molecule has 0 saturated heterocycles. The van der Waals surface area contributed by atoms with E-state index in [1.807, 2.05) is 45.1 Å². The van der Waals surface area contributed by atoms with E-state index in [-0.39, 0.29) is 11.5 Å². The van der Waals surface area contributed by atoms with E-state index in [9.17, 15) is 9.90 Å². The normalized spacial score (nSPS) is 12.1. The fourth-order valence-electron chi connectivity index (χ4n) is 1.96. The van der Waals surface area contributed by atoms with E-state index in [1.165, 1.54) is 0 Å². The number of aryl methyl sites for hydroxylation is 1. The lowest BCUT2D eigenvalue weighted by molar-refractivity contribution is 0.0990. The average Bonchev–Trinajstić information content (AvgIpc) is 2.29. The summed E-state index contributed by atoms with van der Waals surface area (Å²) < 4.78 is 0. The highest BCUT2D eigenvalue weighted by atomic mass is 16.3. The van der Waals surface area contributed by atoms with Gasteiger partial charge < -0.3 is 5.11 Å². The second-order valence-corrected chi connectivity index (χ2v) is 4.26. The first-order valence-electron chi connectivity index (χ1n) is 6.23. The van der Waals surface area contributed by atoms with Gasteiger partial charge in [-0.3, -0.25) is 4.79 Å². The lowest BCUT2D eigenvalue weighted by Gasteiger charge is -2.08. The summed E-state index contributed by atoms with van der Waals surface area (Å²) in [7, 11) is 0. The Hall–Kier alpha value is -1.83. The Kier molecular flexibility index (Phi) is 5.37. The van der Waals surface area contributed by atoms with Crippen molar-refractivity contribution in [3.8, 4) is 5.75 Å². The van der Waals surface area contributed by atoms with Crippen molar-refractivity contribution >= 4 is 5.78 Å². The van der Waals surface area contributed by atoms with Gasteiger partial charge in [-0.25, -0.2) is 0 Å². The van der Waals surface area contributed by atoms with Crippen LogP contribution < -0.4 is 0 Å². The number of rotatable bonds is 5. The molecule has 0 saturated carbocycles. The van der Waals surface area contributed by atoms with Crippen LogP contribution in [0.25, 0.3) is 0 Å². The van der Waals surface area contributed by atoms with E-state index in [0.717, 1.165) is 17.6 Å². The summed E-state index contributed by atoms with van der Waals surface area (Å²) in [6.45, 7) is 5.81. The second kappa shape index (κ2) is 6.80. The summed E-state index contributed by atoms with van der Waals surface area (Å²) in [6, 6.07) is 5.14. The summed E-state index contributed by atoms with van der Waals surface area (Å²) in [6.07, 6.45) is 7.12. The molecule has 1 aromatic carbocycles. The minimum Gasteiger partial charge on any atom is -0.507 e. The molecule has 0 radical (unpaired) electrons. The predicted molar refractivity (Wildman–Crippen MR) is 75.0 cm³/mol. The van der Waals surface area contributed by atoms with Crippen LogP contribution in [-0.2, 0) is 0 Å². The zero-order valence-electron chi connectivity index (χ0n) is 11.2. The molecule has 1 aromatic rings. The van der Waals surface area contributed by atoms with Gasteiger partial charge in [-0.15, -0.1) is 0 Å². The first-order chi connectivity index (χ1) is 8.60. The van der Waals surface area contributed by atoms with Crippen LogP contribution in [0, 0.1) is 6.92 Å². The lowest BCUT2D eigenvalue weighted by atomic mass is 9.97.